The number of pyridine rings is 1. The van der Waals surface area contributed by atoms with Crippen LogP contribution in [0.2, 0.25) is 0 Å². The minimum absolute atomic E-state index is 0.120. The number of ether oxygens (including phenoxy) is 1. The third-order valence-electron chi connectivity index (χ3n) is 17.5. The molecule has 3 fully saturated rings. The van der Waals surface area contributed by atoms with Crippen LogP contribution in [-0.4, -0.2) is 198 Å². The smallest absolute Gasteiger partial charge is 0.379 e. The van der Waals surface area contributed by atoms with Crippen molar-refractivity contribution in [3.05, 3.63) is 227 Å². The van der Waals surface area contributed by atoms with Crippen LogP contribution in [-0.2, 0) is 55.2 Å². The molecule has 0 unspecified atom stereocenters. The number of anilines is 1. The van der Waals surface area contributed by atoms with Crippen molar-refractivity contribution in [1.29, 1.82) is 0 Å². The standard InChI is InChI=1S/C24H25F3N6O.C19H23F3N6O.C18H15F3N6O.C17H18F3N5O2/c1-18-13-20(15-21(14-18)24(25,26)27)23-28-17-33(30-23)8-7-22(34)29-32-11-9-31(10-12-32)16-19-5-3-2-4-6-19;1-3-26-6-8-27(9-7-26)24-17(29)4-5-28-13-23-18(25-28)15-10-14(2)11-16(12-15)19(20,21)22;1-12-8-13(10-14(9-12)18(19,20)21)17-23-11-27(26-17)7-4-16(28)25-24-15-2-5-22-6-3-15;1-12-8-13(10-14(9-12)17(18,19)20)16-21-11-25(23-16)3-2-15(26)22-24-4-6-27-7-5-24/h2-8,13-15,17H,9-12,16H2,1H3,(H,29,34);4-5,10-13H,3,6-9H2,1-2H3,(H,24,29);2-11H,1H3,(H,22,24)(H,25,28);2-3,8-11H,4-7H2,1H3,(H,22,26)/b8-7-;5-4-;7-4-;3-2-. The Labute approximate surface area is 668 Å². The van der Waals surface area contributed by atoms with E-state index < -0.39 is 52.9 Å². The first-order valence-electron chi connectivity index (χ1n) is 36.5. The molecule has 3 saturated heterocycles. The summed E-state index contributed by atoms with van der Waals surface area (Å²) in [4.78, 5) is 72.7. The Hall–Kier alpha value is -12.6. The Morgan fingerprint density at radius 3 is 1.03 bits per heavy atom. The predicted octanol–water partition coefficient (Wildman–Crippen LogP) is 11.4. The summed E-state index contributed by atoms with van der Waals surface area (Å²) >= 11 is 0. The van der Waals surface area contributed by atoms with Crippen LogP contribution in [0.25, 0.3) is 70.4 Å². The van der Waals surface area contributed by atoms with Crippen LogP contribution in [0.5, 0.6) is 0 Å². The number of aromatic nitrogens is 13. The number of amides is 4. The molecule has 0 aliphatic carbocycles. The summed E-state index contributed by atoms with van der Waals surface area (Å²) in [6.45, 7) is 18.9. The van der Waals surface area contributed by atoms with E-state index in [1.807, 2.05) is 28.2 Å². The van der Waals surface area contributed by atoms with E-state index in [1.165, 1.54) is 98.7 Å². The number of halogens is 12. The zero-order chi connectivity index (χ0) is 84.7. The van der Waals surface area contributed by atoms with Gasteiger partial charge in [-0.25, -0.2) is 53.7 Å². The number of nitrogens with one attached hydrogen (secondary N) is 5. The van der Waals surface area contributed by atoms with Gasteiger partial charge in [0.25, 0.3) is 23.6 Å². The van der Waals surface area contributed by atoms with E-state index in [1.54, 1.807) is 81.5 Å². The van der Waals surface area contributed by atoms with Crippen LogP contribution in [0.3, 0.4) is 0 Å². The SMILES string of the molecule is CCN1CCN(NC(=O)/C=C\n2cnc(-c3cc(C)cc(C(F)(F)F)c3)n2)CC1.Cc1cc(-c2ncn(/C=C\C(=O)NN3CCN(Cc4ccccc4)CC3)n2)cc(C(F)(F)F)c1.Cc1cc(-c2ncn(/C=C\C(=O)NN3CCOCC3)n2)cc(C(F)(F)F)c1.Cc1cc(-c2ncn(/C=C\C(=O)NNc3ccncc3)n2)cc(C(F)(F)F)c1. The number of benzene rings is 5. The summed E-state index contributed by atoms with van der Waals surface area (Å²) in [5, 5.41) is 21.9. The molecule has 28 nitrogen and oxygen atoms in total. The summed E-state index contributed by atoms with van der Waals surface area (Å²) in [6, 6.07) is 28.2. The first kappa shape index (κ1) is 87.7. The monoisotopic (exact) mass is 1650 g/mol. The Bertz CT molecular complexity index is 5130. The molecule has 5 aromatic heterocycles. The number of likely N-dealkylation sites (N-methyl/N-ethyl adjacent to an activating group) is 1. The Balaban J connectivity index is 0.000000166. The fraction of sp³-hybridized carbons (Fsp3) is 0.295. The molecule has 5 N–H and O–H groups in total. The van der Waals surface area contributed by atoms with E-state index in [0.29, 0.717) is 67.3 Å². The lowest BCUT2D eigenvalue weighted by molar-refractivity contribution is -0.138. The fourth-order valence-electron chi connectivity index (χ4n) is 11.7. The molecule has 0 saturated carbocycles. The quantitative estimate of drug-likeness (QED) is 0.0269. The van der Waals surface area contributed by atoms with E-state index in [2.05, 4.69) is 101 Å². The number of hydrazine groups is 4. The summed E-state index contributed by atoms with van der Waals surface area (Å²) < 4.78 is 166. The van der Waals surface area contributed by atoms with E-state index >= 15 is 0 Å². The van der Waals surface area contributed by atoms with Gasteiger partial charge in [-0.1, -0.05) is 37.3 Å². The average Bonchev–Trinajstić information content (AvgIpc) is 1.46. The molecule has 0 radical (unpaired) electrons. The van der Waals surface area contributed by atoms with Gasteiger partial charge >= 0.3 is 24.7 Å². The van der Waals surface area contributed by atoms with Gasteiger partial charge in [-0.3, -0.25) is 56.2 Å². The molecule has 0 spiro atoms. The zero-order valence-electron chi connectivity index (χ0n) is 64.1. The Morgan fingerprint density at radius 1 is 0.398 bits per heavy atom. The minimum atomic E-state index is -4.46. The van der Waals surface area contributed by atoms with Crippen molar-refractivity contribution in [3.8, 4) is 45.6 Å². The number of carbonyl (C=O) groups is 4. The van der Waals surface area contributed by atoms with E-state index in [0.717, 1.165) is 101 Å². The van der Waals surface area contributed by atoms with Gasteiger partial charge in [0.15, 0.2) is 23.3 Å². The highest BCUT2D eigenvalue weighted by Crippen LogP contribution is 2.37. The molecule has 622 valence electrons. The largest absolute Gasteiger partial charge is 0.416 e. The molecular formula is C78H81F12N23O5. The lowest BCUT2D eigenvalue weighted by atomic mass is 10.1. The van der Waals surface area contributed by atoms with Crippen LogP contribution < -0.4 is 27.1 Å². The maximum Gasteiger partial charge on any atom is 0.416 e. The molecule has 10 aromatic rings. The lowest BCUT2D eigenvalue weighted by Crippen LogP contribution is -2.53. The Kier molecular flexibility index (Phi) is 30.0. The summed E-state index contributed by atoms with van der Waals surface area (Å²) in [5.41, 5.74) is 15.2. The van der Waals surface area contributed by atoms with E-state index in [-0.39, 0.29) is 63.3 Å². The van der Waals surface area contributed by atoms with Gasteiger partial charge in [-0.05, 0) is 147 Å². The van der Waals surface area contributed by atoms with Crippen molar-refractivity contribution in [2.75, 3.05) is 90.6 Å². The van der Waals surface area contributed by atoms with Crippen LogP contribution in [0, 0.1) is 27.7 Å². The number of piperazine rings is 2. The second-order valence-corrected chi connectivity index (χ2v) is 26.8. The minimum Gasteiger partial charge on any atom is -0.379 e. The number of alkyl halides is 12. The van der Waals surface area contributed by atoms with Crippen molar-refractivity contribution in [1.82, 2.24) is 111 Å². The topological polar surface area (TPSA) is 290 Å². The lowest BCUT2D eigenvalue weighted by Gasteiger charge is -2.34. The maximum absolute atomic E-state index is 13.1. The predicted molar refractivity (Wildman–Crippen MR) is 412 cm³/mol. The maximum atomic E-state index is 13.1. The first-order valence-corrected chi connectivity index (χ1v) is 36.5. The van der Waals surface area contributed by atoms with Crippen LogP contribution >= 0.6 is 0 Å². The van der Waals surface area contributed by atoms with E-state index in [9.17, 15) is 71.9 Å². The zero-order valence-corrected chi connectivity index (χ0v) is 64.1. The molecule has 4 amide bonds. The second-order valence-electron chi connectivity index (χ2n) is 26.8. The number of aryl methyl sites for hydroxylation is 4. The molecular weight excluding hydrogens is 1570 g/mol. The number of nitrogens with zero attached hydrogens (tertiary/aromatic N) is 18. The average molecular weight is 1650 g/mol. The van der Waals surface area contributed by atoms with Gasteiger partial charge in [-0.2, -0.15) is 52.7 Å². The van der Waals surface area contributed by atoms with Crippen LogP contribution in [0.1, 0.15) is 57.0 Å². The van der Waals surface area contributed by atoms with Crippen molar-refractivity contribution < 1.29 is 76.6 Å². The summed E-state index contributed by atoms with van der Waals surface area (Å²) in [6.07, 6.45) is 1.28. The molecule has 5 aromatic carbocycles. The second kappa shape index (κ2) is 40.3. The number of hydrogen-bond acceptors (Lipinski definition) is 20. The number of rotatable bonds is 20. The van der Waals surface area contributed by atoms with Crippen molar-refractivity contribution in [2.45, 2.75) is 65.9 Å². The number of hydrogen-bond donors (Lipinski definition) is 5. The Morgan fingerprint density at radius 2 is 0.712 bits per heavy atom. The highest BCUT2D eigenvalue weighted by atomic mass is 19.4. The van der Waals surface area contributed by atoms with Crippen molar-refractivity contribution in [2.24, 2.45) is 0 Å². The molecule has 0 bridgehead atoms. The van der Waals surface area contributed by atoms with Crippen molar-refractivity contribution >= 4 is 54.1 Å². The molecule has 3 aliphatic rings. The molecule has 118 heavy (non-hydrogen) atoms. The van der Waals surface area contributed by atoms with Gasteiger partial charge in [0.05, 0.1) is 41.2 Å². The summed E-state index contributed by atoms with van der Waals surface area (Å²) in [5.74, 6) is -0.858. The van der Waals surface area contributed by atoms with Gasteiger partial charge in [0.2, 0.25) is 0 Å². The van der Waals surface area contributed by atoms with Crippen LogP contribution in [0.15, 0.2) is 177 Å². The third kappa shape index (κ3) is 27.5. The van der Waals surface area contributed by atoms with Gasteiger partial charge in [-0.15, -0.1) is 20.4 Å². The molecule has 40 heteroatoms. The summed E-state index contributed by atoms with van der Waals surface area (Å²) in [7, 11) is 0. The first-order chi connectivity index (χ1) is 56.1. The fourth-order valence-corrected chi connectivity index (χ4v) is 11.7. The molecule has 13 rings (SSSR count). The van der Waals surface area contributed by atoms with Crippen LogP contribution in [0.4, 0.5) is 58.4 Å². The van der Waals surface area contributed by atoms with Gasteiger partial charge < -0.3 is 9.64 Å². The molecule has 8 heterocycles. The molecule has 0 atom stereocenters. The number of morpholine rings is 1. The highest BCUT2D eigenvalue weighted by molar-refractivity contribution is 5.91. The van der Waals surface area contributed by atoms with Crippen molar-refractivity contribution in [3.63, 3.8) is 0 Å². The normalized spacial score (nSPS) is 15.0. The third-order valence-corrected chi connectivity index (χ3v) is 17.5. The number of carbonyl (C=O) groups excluding carboxylic acids is 4. The highest BCUT2D eigenvalue weighted by Gasteiger charge is 2.35. The van der Waals surface area contributed by atoms with Gasteiger partial charge in [0, 0.05) is 156 Å². The van der Waals surface area contributed by atoms with E-state index in [4.69, 9.17) is 4.74 Å². The molecule has 3 aliphatic heterocycles. The van der Waals surface area contributed by atoms with Gasteiger partial charge in [0.1, 0.15) is 25.3 Å².